The normalized spacial score (nSPS) is 10.9. The second-order valence-electron chi connectivity index (χ2n) is 5.58. The molecule has 0 atom stereocenters. The number of carbonyl (C=O) groups excluding carboxylic acids is 2. The van der Waals surface area contributed by atoms with Gasteiger partial charge in [0.25, 0.3) is 5.91 Å². The van der Waals surface area contributed by atoms with E-state index < -0.39 is 0 Å². The van der Waals surface area contributed by atoms with Crippen molar-refractivity contribution in [3.63, 3.8) is 0 Å². The third-order valence-electron chi connectivity index (χ3n) is 3.45. The molecule has 0 aliphatic carbocycles. The molecule has 4 N–H and O–H groups in total. The summed E-state index contributed by atoms with van der Waals surface area (Å²) in [5, 5.41) is 6.28. The molecule has 0 radical (unpaired) electrons. The maximum atomic E-state index is 12.0. The summed E-state index contributed by atoms with van der Waals surface area (Å²) < 4.78 is 0. The number of nitrogens with one attached hydrogen (secondary N) is 2. The van der Waals surface area contributed by atoms with E-state index in [0.717, 1.165) is 12.8 Å². The highest BCUT2D eigenvalue weighted by molar-refractivity contribution is 6.36. The quantitative estimate of drug-likeness (QED) is 0.414. The van der Waals surface area contributed by atoms with Crippen molar-refractivity contribution < 1.29 is 9.59 Å². The molecule has 26 heavy (non-hydrogen) atoms. The molecule has 0 saturated carbocycles. The Bertz CT molecular complexity index is 715. The molecule has 0 aromatic heterocycles. The zero-order chi connectivity index (χ0) is 19.5. The fourth-order valence-electron chi connectivity index (χ4n) is 2.12. The van der Waals surface area contributed by atoms with Crippen molar-refractivity contribution >= 4 is 35.0 Å². The highest BCUT2D eigenvalue weighted by atomic mass is 35.5. The zero-order valence-electron chi connectivity index (χ0n) is 14.5. The summed E-state index contributed by atoms with van der Waals surface area (Å²) in [5.74, 6) is -0.383. The van der Waals surface area contributed by atoms with E-state index in [1.165, 1.54) is 12.1 Å². The van der Waals surface area contributed by atoms with Gasteiger partial charge in [0.2, 0.25) is 5.91 Å². The first kappa shape index (κ1) is 21.8. The van der Waals surface area contributed by atoms with E-state index >= 15 is 0 Å². The number of amides is 2. The number of hydrogen-bond donors (Lipinski definition) is 3. The van der Waals surface area contributed by atoms with Crippen LogP contribution in [0.2, 0.25) is 10.0 Å². The predicted octanol–water partition coefficient (Wildman–Crippen LogP) is 3.94. The summed E-state index contributed by atoms with van der Waals surface area (Å²) in [6.45, 7) is 7.65. The van der Waals surface area contributed by atoms with Crippen LogP contribution in [0.15, 0.2) is 54.9 Å². The minimum absolute atomic E-state index is 0.137. The molecule has 5 nitrogen and oxygen atoms in total. The molecule has 0 saturated heterocycles. The highest BCUT2D eigenvalue weighted by Crippen LogP contribution is 2.20. The number of unbranched alkanes of at least 4 members (excludes halogenated alkanes) is 2. The molecular formula is C19H23Cl2N3O2. The third kappa shape index (κ3) is 7.76. The van der Waals surface area contributed by atoms with E-state index in [1.54, 1.807) is 18.2 Å². The largest absolute Gasteiger partial charge is 0.398 e. The average Bonchev–Trinajstić information content (AvgIpc) is 2.57. The lowest BCUT2D eigenvalue weighted by molar-refractivity contribution is -0.120. The van der Waals surface area contributed by atoms with Crippen LogP contribution in [0.1, 0.15) is 36.0 Å². The van der Waals surface area contributed by atoms with E-state index in [2.05, 4.69) is 23.8 Å². The molecule has 1 aromatic carbocycles. The Balaban J connectivity index is 2.25. The zero-order valence-corrected chi connectivity index (χ0v) is 16.0. The average molecular weight is 396 g/mol. The van der Waals surface area contributed by atoms with Crippen molar-refractivity contribution in [1.82, 2.24) is 10.6 Å². The van der Waals surface area contributed by atoms with E-state index in [-0.39, 0.29) is 17.5 Å². The SMILES string of the molecule is C=C/C=C(/NC(=O)CCCCCNC(=O)c1ccc(Cl)cc1Cl)C(=C)N. The van der Waals surface area contributed by atoms with Crippen LogP contribution in [0, 0.1) is 0 Å². The summed E-state index contributed by atoms with van der Waals surface area (Å²) in [7, 11) is 0. The first-order valence-electron chi connectivity index (χ1n) is 8.15. The summed E-state index contributed by atoms with van der Waals surface area (Å²) >= 11 is 11.8. The van der Waals surface area contributed by atoms with Gasteiger partial charge < -0.3 is 16.4 Å². The van der Waals surface area contributed by atoms with Crippen molar-refractivity contribution in [2.75, 3.05) is 6.54 Å². The second-order valence-corrected chi connectivity index (χ2v) is 6.42. The lowest BCUT2D eigenvalue weighted by atomic mass is 10.1. The van der Waals surface area contributed by atoms with Gasteiger partial charge in [-0.15, -0.1) is 0 Å². The fourth-order valence-corrected chi connectivity index (χ4v) is 2.61. The van der Waals surface area contributed by atoms with Gasteiger partial charge >= 0.3 is 0 Å². The maximum absolute atomic E-state index is 12.0. The van der Waals surface area contributed by atoms with Gasteiger partial charge in [-0.2, -0.15) is 0 Å². The molecule has 1 aromatic rings. The molecule has 0 aliphatic heterocycles. The monoisotopic (exact) mass is 395 g/mol. The summed E-state index contributed by atoms with van der Waals surface area (Å²) in [5.41, 5.74) is 6.70. The van der Waals surface area contributed by atoms with Gasteiger partial charge in [0, 0.05) is 23.7 Å². The smallest absolute Gasteiger partial charge is 0.252 e. The van der Waals surface area contributed by atoms with Crippen LogP contribution in [0.3, 0.4) is 0 Å². The van der Waals surface area contributed by atoms with Crippen LogP contribution >= 0.6 is 23.2 Å². The number of rotatable bonds is 10. The summed E-state index contributed by atoms with van der Waals surface area (Å²) in [6.07, 6.45) is 5.73. The lowest BCUT2D eigenvalue weighted by Crippen LogP contribution is -2.26. The van der Waals surface area contributed by atoms with Crippen LogP contribution in [-0.4, -0.2) is 18.4 Å². The van der Waals surface area contributed by atoms with Gasteiger partial charge in [0.1, 0.15) is 0 Å². The van der Waals surface area contributed by atoms with E-state index in [1.807, 2.05) is 0 Å². The van der Waals surface area contributed by atoms with Crippen molar-refractivity contribution in [2.45, 2.75) is 25.7 Å². The van der Waals surface area contributed by atoms with Crippen LogP contribution in [-0.2, 0) is 4.79 Å². The molecule has 1 rings (SSSR count). The Morgan fingerprint density at radius 3 is 2.54 bits per heavy atom. The van der Waals surface area contributed by atoms with E-state index in [9.17, 15) is 9.59 Å². The Kier molecular flexibility index (Phi) is 9.55. The van der Waals surface area contributed by atoms with Gasteiger partial charge in [-0.3, -0.25) is 9.59 Å². The van der Waals surface area contributed by atoms with Crippen LogP contribution in [0.5, 0.6) is 0 Å². The minimum Gasteiger partial charge on any atom is -0.398 e. The van der Waals surface area contributed by atoms with Gasteiger partial charge in [0.15, 0.2) is 0 Å². The molecular weight excluding hydrogens is 373 g/mol. The number of carbonyl (C=O) groups is 2. The first-order chi connectivity index (χ1) is 12.3. The van der Waals surface area contributed by atoms with Crippen molar-refractivity contribution in [3.05, 3.63) is 70.5 Å². The lowest BCUT2D eigenvalue weighted by Gasteiger charge is -2.09. The van der Waals surface area contributed by atoms with E-state index in [0.29, 0.717) is 40.7 Å². The van der Waals surface area contributed by atoms with Crippen LogP contribution < -0.4 is 16.4 Å². The van der Waals surface area contributed by atoms with Gasteiger partial charge in [-0.25, -0.2) is 0 Å². The Hall–Kier alpha value is -2.24. The Labute approximate surface area is 163 Å². The van der Waals surface area contributed by atoms with Gasteiger partial charge in [-0.05, 0) is 37.1 Å². The first-order valence-corrected chi connectivity index (χ1v) is 8.91. The molecule has 140 valence electrons. The van der Waals surface area contributed by atoms with Crippen molar-refractivity contribution in [1.29, 1.82) is 0 Å². The fraction of sp³-hybridized carbons (Fsp3) is 0.263. The number of allylic oxidation sites excluding steroid dienone is 2. The van der Waals surface area contributed by atoms with E-state index in [4.69, 9.17) is 28.9 Å². The van der Waals surface area contributed by atoms with Crippen LogP contribution in [0.4, 0.5) is 0 Å². The number of hydrogen-bond acceptors (Lipinski definition) is 3. The topological polar surface area (TPSA) is 84.2 Å². The molecule has 0 aliphatic rings. The number of benzene rings is 1. The molecule has 0 heterocycles. The molecule has 7 heteroatoms. The van der Waals surface area contributed by atoms with Crippen LogP contribution in [0.25, 0.3) is 0 Å². The molecule has 0 bridgehead atoms. The predicted molar refractivity (Wildman–Crippen MR) is 107 cm³/mol. The summed E-state index contributed by atoms with van der Waals surface area (Å²) in [6, 6.07) is 4.73. The third-order valence-corrected chi connectivity index (χ3v) is 3.99. The maximum Gasteiger partial charge on any atom is 0.252 e. The standard InChI is InChI=1S/C19H23Cl2N3O2/c1-3-7-17(13(2)22)24-18(25)8-5-4-6-11-23-19(26)15-10-9-14(20)12-16(15)21/h3,7,9-10,12H,1-2,4-6,8,11,22H2,(H,23,26)(H,24,25)/b17-7+. The van der Waals surface area contributed by atoms with Gasteiger partial charge in [0.05, 0.1) is 16.3 Å². The van der Waals surface area contributed by atoms with Gasteiger partial charge in [-0.1, -0.05) is 48.9 Å². The second kappa shape index (κ2) is 11.4. The minimum atomic E-state index is -0.245. The van der Waals surface area contributed by atoms with Crippen molar-refractivity contribution in [2.24, 2.45) is 5.73 Å². The molecule has 2 amide bonds. The molecule has 0 unspecified atom stereocenters. The Morgan fingerprint density at radius 2 is 1.92 bits per heavy atom. The molecule has 0 fully saturated rings. The summed E-state index contributed by atoms with van der Waals surface area (Å²) in [4.78, 5) is 23.9. The van der Waals surface area contributed by atoms with Crippen molar-refractivity contribution in [3.8, 4) is 0 Å². The Morgan fingerprint density at radius 1 is 1.19 bits per heavy atom. The highest BCUT2D eigenvalue weighted by Gasteiger charge is 2.10. The number of nitrogens with two attached hydrogens (primary N) is 1. The number of halogens is 2. The molecule has 0 spiro atoms.